The number of hydrogen-bond acceptors (Lipinski definition) is 3. The number of carbonyl (C=O) groups excluding carboxylic acids is 1. The minimum Gasteiger partial charge on any atom is -0.366 e. The van der Waals surface area contributed by atoms with Gasteiger partial charge >= 0.3 is 0 Å². The van der Waals surface area contributed by atoms with E-state index in [1.807, 2.05) is 35.8 Å². The molecule has 1 amide bonds. The molecule has 2 aromatic heterocycles. The van der Waals surface area contributed by atoms with Gasteiger partial charge in [0.25, 0.3) is 0 Å². The van der Waals surface area contributed by atoms with Crippen molar-refractivity contribution in [1.29, 1.82) is 0 Å². The fourth-order valence-electron chi connectivity index (χ4n) is 2.13. The molecule has 5 nitrogen and oxygen atoms in total. The van der Waals surface area contributed by atoms with Crippen LogP contribution in [-0.2, 0) is 0 Å². The Bertz CT molecular complexity index is 776. The third-order valence-corrected chi connectivity index (χ3v) is 2.99. The van der Waals surface area contributed by atoms with Crippen LogP contribution >= 0.6 is 0 Å². The second kappa shape index (κ2) is 4.20. The maximum absolute atomic E-state index is 11.2. The van der Waals surface area contributed by atoms with Crippen LogP contribution in [-0.4, -0.2) is 20.4 Å². The number of primary amides is 1. The molecular formula is C14H12N4O. The lowest BCUT2D eigenvalue weighted by Gasteiger charge is -2.06. The summed E-state index contributed by atoms with van der Waals surface area (Å²) in [7, 11) is 0. The molecule has 19 heavy (non-hydrogen) atoms. The number of fused-ring (bicyclic) bond motifs is 1. The van der Waals surface area contributed by atoms with E-state index in [0.717, 1.165) is 16.9 Å². The summed E-state index contributed by atoms with van der Waals surface area (Å²) in [4.78, 5) is 20.0. The second-order valence-electron chi connectivity index (χ2n) is 4.25. The van der Waals surface area contributed by atoms with Crippen LogP contribution in [0.2, 0.25) is 0 Å². The summed E-state index contributed by atoms with van der Waals surface area (Å²) in [6.45, 7) is 1.90. The van der Waals surface area contributed by atoms with Gasteiger partial charge in [-0.3, -0.25) is 9.36 Å². The Morgan fingerprint density at radius 3 is 2.84 bits per heavy atom. The van der Waals surface area contributed by atoms with E-state index in [2.05, 4.69) is 9.97 Å². The Morgan fingerprint density at radius 1 is 1.26 bits per heavy atom. The molecule has 0 aliphatic heterocycles. The summed E-state index contributed by atoms with van der Waals surface area (Å²) >= 11 is 0. The largest absolute Gasteiger partial charge is 0.366 e. The minimum atomic E-state index is -0.467. The van der Waals surface area contributed by atoms with Crippen LogP contribution in [0.4, 0.5) is 0 Å². The number of aromatic nitrogens is 3. The van der Waals surface area contributed by atoms with Crippen molar-refractivity contribution in [1.82, 2.24) is 14.5 Å². The smallest absolute Gasteiger partial charge is 0.248 e. The second-order valence-corrected chi connectivity index (χ2v) is 4.25. The molecule has 0 aliphatic carbocycles. The van der Waals surface area contributed by atoms with Crippen molar-refractivity contribution in [2.45, 2.75) is 6.92 Å². The van der Waals surface area contributed by atoms with Gasteiger partial charge in [-0.25, -0.2) is 9.97 Å². The first-order chi connectivity index (χ1) is 9.16. The molecule has 0 saturated carbocycles. The summed E-state index contributed by atoms with van der Waals surface area (Å²) in [5, 5.41) is 0. The van der Waals surface area contributed by atoms with E-state index in [9.17, 15) is 4.79 Å². The predicted octanol–water partition coefficient (Wildman–Crippen LogP) is 1.83. The Labute approximate surface area is 109 Å². The average molecular weight is 252 g/mol. The minimum absolute atomic E-state index is 0.433. The van der Waals surface area contributed by atoms with Crippen LogP contribution in [0.5, 0.6) is 0 Å². The summed E-state index contributed by atoms with van der Waals surface area (Å²) in [6.07, 6.45) is 1.57. The fourth-order valence-corrected chi connectivity index (χ4v) is 2.13. The van der Waals surface area contributed by atoms with Crippen LogP contribution in [0, 0.1) is 6.92 Å². The normalized spacial score (nSPS) is 10.8. The zero-order valence-corrected chi connectivity index (χ0v) is 10.4. The SMILES string of the molecule is Cc1nc2ccccc2n1-c1cc(C(N)=O)ccn1. The quantitative estimate of drug-likeness (QED) is 0.756. The van der Waals surface area contributed by atoms with Crippen molar-refractivity contribution in [2.24, 2.45) is 5.73 Å². The number of imidazole rings is 1. The van der Waals surface area contributed by atoms with Crippen molar-refractivity contribution in [3.05, 3.63) is 54.0 Å². The van der Waals surface area contributed by atoms with E-state index in [4.69, 9.17) is 5.73 Å². The topological polar surface area (TPSA) is 73.8 Å². The standard InChI is InChI=1S/C14H12N4O/c1-9-17-11-4-2-3-5-12(11)18(9)13-8-10(14(15)19)6-7-16-13/h2-8H,1H3,(H2,15,19). The van der Waals surface area contributed by atoms with Gasteiger partial charge in [0.05, 0.1) is 11.0 Å². The lowest BCUT2D eigenvalue weighted by atomic mass is 10.2. The number of nitrogens with zero attached hydrogens (tertiary/aromatic N) is 3. The fraction of sp³-hybridized carbons (Fsp3) is 0.0714. The van der Waals surface area contributed by atoms with E-state index < -0.39 is 5.91 Å². The first-order valence-corrected chi connectivity index (χ1v) is 5.87. The zero-order chi connectivity index (χ0) is 13.4. The molecule has 2 heterocycles. The van der Waals surface area contributed by atoms with Gasteiger partial charge in [-0.1, -0.05) is 12.1 Å². The third-order valence-electron chi connectivity index (χ3n) is 2.99. The van der Waals surface area contributed by atoms with Gasteiger partial charge in [0.15, 0.2) is 0 Å². The molecule has 2 N–H and O–H groups in total. The van der Waals surface area contributed by atoms with Crippen LogP contribution in [0.15, 0.2) is 42.6 Å². The molecule has 94 valence electrons. The summed E-state index contributed by atoms with van der Waals surface area (Å²) in [5.41, 5.74) is 7.58. The third kappa shape index (κ3) is 1.85. The highest BCUT2D eigenvalue weighted by atomic mass is 16.1. The van der Waals surface area contributed by atoms with Gasteiger partial charge in [-0.05, 0) is 31.2 Å². The van der Waals surface area contributed by atoms with E-state index in [0.29, 0.717) is 11.4 Å². The van der Waals surface area contributed by atoms with E-state index in [1.165, 1.54) is 0 Å². The molecule has 3 aromatic rings. The average Bonchev–Trinajstić information content (AvgIpc) is 2.74. The number of hydrogen-bond donors (Lipinski definition) is 1. The highest BCUT2D eigenvalue weighted by molar-refractivity contribution is 5.93. The number of amides is 1. The molecule has 0 spiro atoms. The van der Waals surface area contributed by atoms with Crippen LogP contribution in [0.3, 0.4) is 0 Å². The lowest BCUT2D eigenvalue weighted by Crippen LogP contribution is -2.12. The molecule has 0 bridgehead atoms. The van der Waals surface area contributed by atoms with Gasteiger partial charge in [0, 0.05) is 11.8 Å². The molecule has 0 saturated heterocycles. The molecule has 3 rings (SSSR count). The molecule has 0 unspecified atom stereocenters. The lowest BCUT2D eigenvalue weighted by molar-refractivity contribution is 0.1000. The van der Waals surface area contributed by atoms with Gasteiger partial charge in [0.2, 0.25) is 5.91 Å². The number of rotatable bonds is 2. The maximum atomic E-state index is 11.2. The van der Waals surface area contributed by atoms with Crippen molar-refractivity contribution in [3.8, 4) is 5.82 Å². The summed E-state index contributed by atoms with van der Waals surface area (Å²) < 4.78 is 1.90. The summed E-state index contributed by atoms with van der Waals surface area (Å²) in [6, 6.07) is 11.1. The van der Waals surface area contributed by atoms with Crippen LogP contribution < -0.4 is 5.73 Å². The van der Waals surface area contributed by atoms with Gasteiger partial charge in [-0.2, -0.15) is 0 Å². The van der Waals surface area contributed by atoms with Gasteiger partial charge in [-0.15, -0.1) is 0 Å². The molecule has 5 heteroatoms. The number of nitrogens with two attached hydrogens (primary N) is 1. The zero-order valence-electron chi connectivity index (χ0n) is 10.4. The highest BCUT2D eigenvalue weighted by Gasteiger charge is 2.11. The number of aryl methyl sites for hydroxylation is 1. The van der Waals surface area contributed by atoms with Crippen molar-refractivity contribution < 1.29 is 4.79 Å². The molecule has 1 aromatic carbocycles. The van der Waals surface area contributed by atoms with Gasteiger partial charge in [0.1, 0.15) is 11.6 Å². The maximum Gasteiger partial charge on any atom is 0.248 e. The first kappa shape index (κ1) is 11.4. The van der Waals surface area contributed by atoms with E-state index in [-0.39, 0.29) is 0 Å². The Balaban J connectivity index is 2.27. The van der Waals surface area contributed by atoms with Crippen molar-refractivity contribution >= 4 is 16.9 Å². The van der Waals surface area contributed by atoms with Gasteiger partial charge < -0.3 is 5.73 Å². The molecule has 0 fully saturated rings. The molecular weight excluding hydrogens is 240 g/mol. The first-order valence-electron chi connectivity index (χ1n) is 5.87. The Kier molecular flexibility index (Phi) is 2.52. The van der Waals surface area contributed by atoms with Crippen molar-refractivity contribution in [3.63, 3.8) is 0 Å². The number of para-hydroxylation sites is 2. The molecule has 0 atom stereocenters. The molecule has 0 aliphatic rings. The van der Waals surface area contributed by atoms with E-state index in [1.54, 1.807) is 18.3 Å². The predicted molar refractivity (Wildman–Crippen MR) is 72.1 cm³/mol. The van der Waals surface area contributed by atoms with Crippen LogP contribution in [0.1, 0.15) is 16.2 Å². The summed E-state index contributed by atoms with van der Waals surface area (Å²) in [5.74, 6) is 0.989. The highest BCUT2D eigenvalue weighted by Crippen LogP contribution is 2.20. The van der Waals surface area contributed by atoms with Crippen LogP contribution in [0.25, 0.3) is 16.9 Å². The number of pyridine rings is 1. The number of carbonyl (C=O) groups is 1. The van der Waals surface area contributed by atoms with E-state index >= 15 is 0 Å². The molecule has 0 radical (unpaired) electrons. The number of benzene rings is 1. The monoisotopic (exact) mass is 252 g/mol. The Morgan fingerprint density at radius 2 is 2.05 bits per heavy atom. The Hall–Kier alpha value is -2.69. The van der Waals surface area contributed by atoms with Crippen molar-refractivity contribution in [2.75, 3.05) is 0 Å².